The number of hydrogen-bond acceptors (Lipinski definition) is 7. The van der Waals surface area contributed by atoms with Crippen LogP contribution in [-0.2, 0) is 16.6 Å². The van der Waals surface area contributed by atoms with E-state index < -0.39 is 32.6 Å². The van der Waals surface area contributed by atoms with Gasteiger partial charge in [-0.05, 0) is 37.3 Å². The lowest BCUT2D eigenvalue weighted by Crippen LogP contribution is -2.31. The molecular weight excluding hydrogens is 591 g/mol. The Labute approximate surface area is 239 Å². The molecule has 0 bridgehead atoms. The van der Waals surface area contributed by atoms with Crippen molar-refractivity contribution in [2.45, 2.75) is 24.4 Å². The Morgan fingerprint density at radius 3 is 2.44 bits per heavy atom. The second-order valence-electron chi connectivity index (χ2n) is 8.29. The Bertz CT molecular complexity index is 1600. The van der Waals surface area contributed by atoms with E-state index in [1.54, 1.807) is 43.3 Å². The number of hydrogen-bond donors (Lipinski definition) is 1. The van der Waals surface area contributed by atoms with Gasteiger partial charge in [0.05, 0.1) is 43.7 Å². The van der Waals surface area contributed by atoms with E-state index in [9.17, 15) is 12.8 Å². The average molecular weight is 615 g/mol. The quantitative estimate of drug-likeness (QED) is 0.202. The summed E-state index contributed by atoms with van der Waals surface area (Å²) in [6.07, 6.45) is 1.30. The van der Waals surface area contributed by atoms with Gasteiger partial charge in [0.25, 0.3) is 10.0 Å². The summed E-state index contributed by atoms with van der Waals surface area (Å²) in [5.41, 5.74) is 0.909. The van der Waals surface area contributed by atoms with Gasteiger partial charge in [0, 0.05) is 17.2 Å². The summed E-state index contributed by atoms with van der Waals surface area (Å²) in [6.45, 7) is 1.42. The number of benzene rings is 3. The normalized spacial score (nSPS) is 12.2. The minimum atomic E-state index is -4.55. The fourth-order valence-corrected chi connectivity index (χ4v) is 6.71. The Kier molecular flexibility index (Phi) is 8.85. The summed E-state index contributed by atoms with van der Waals surface area (Å²) in [6, 6.07) is 12.4. The van der Waals surface area contributed by atoms with Gasteiger partial charge in [-0.25, -0.2) is 26.5 Å². The van der Waals surface area contributed by atoms with Crippen LogP contribution >= 0.6 is 34.5 Å². The van der Waals surface area contributed by atoms with Crippen molar-refractivity contribution in [3.63, 3.8) is 0 Å². The van der Waals surface area contributed by atoms with Crippen LogP contribution in [0.3, 0.4) is 0 Å². The van der Waals surface area contributed by atoms with Crippen LogP contribution in [0.5, 0.6) is 11.5 Å². The van der Waals surface area contributed by atoms with E-state index in [2.05, 4.69) is 10.3 Å². The third kappa shape index (κ3) is 6.22. The number of nitrogens with zero attached hydrogens (tertiary/aromatic N) is 2. The lowest BCUT2D eigenvalue weighted by atomic mass is 10.1. The van der Waals surface area contributed by atoms with E-state index in [4.69, 9.17) is 32.7 Å². The predicted molar refractivity (Wildman–Crippen MR) is 150 cm³/mol. The molecule has 0 amide bonds. The first kappa shape index (κ1) is 28.9. The Morgan fingerprint density at radius 1 is 1.05 bits per heavy atom. The Balaban J connectivity index is 1.73. The van der Waals surface area contributed by atoms with E-state index >= 15 is 4.39 Å². The largest absolute Gasteiger partial charge is 0.497 e. The number of rotatable bonds is 10. The first-order chi connectivity index (χ1) is 18.5. The molecule has 3 aromatic carbocycles. The van der Waals surface area contributed by atoms with E-state index in [0.717, 1.165) is 27.8 Å². The second-order valence-corrected chi connectivity index (χ2v) is 12.2. The molecule has 39 heavy (non-hydrogen) atoms. The van der Waals surface area contributed by atoms with Crippen LogP contribution in [0.2, 0.25) is 9.36 Å². The van der Waals surface area contributed by atoms with Crippen molar-refractivity contribution >= 4 is 55.4 Å². The molecule has 1 N–H and O–H groups in total. The highest BCUT2D eigenvalue weighted by Gasteiger charge is 2.32. The van der Waals surface area contributed by atoms with Gasteiger partial charge < -0.3 is 14.8 Å². The highest BCUT2D eigenvalue weighted by atomic mass is 35.5. The third-order valence-corrected chi connectivity index (χ3v) is 9.14. The zero-order chi connectivity index (χ0) is 28.3. The standard InChI is InChI=1S/C26H23Cl2F2N3O4S2/c1-15(18-6-4-5-7-20(18)29)32-22-12-21(30)24(11-19(22)27)39(34,35)33(26-31-13-25(28)38-26)14-16-8-9-17(36-2)10-23(16)37-3/h4-13,15,32H,14H2,1-3H3/t15-/m0/s1. The number of thiazole rings is 1. The smallest absolute Gasteiger partial charge is 0.269 e. The van der Waals surface area contributed by atoms with Gasteiger partial charge in [0.1, 0.15) is 32.4 Å². The molecular formula is C26H23Cl2F2N3O4S2. The molecule has 4 aromatic rings. The first-order valence-corrected chi connectivity index (χ1v) is 14.4. The van der Waals surface area contributed by atoms with Gasteiger partial charge in [0.15, 0.2) is 0 Å². The summed E-state index contributed by atoms with van der Waals surface area (Å²) < 4.78 is 69.2. The number of sulfonamides is 1. The van der Waals surface area contributed by atoms with E-state index in [1.165, 1.54) is 26.5 Å². The van der Waals surface area contributed by atoms with Crippen LogP contribution < -0.4 is 19.1 Å². The lowest BCUT2D eigenvalue weighted by molar-refractivity contribution is 0.391. The predicted octanol–water partition coefficient (Wildman–Crippen LogP) is 7.31. The van der Waals surface area contributed by atoms with Crippen LogP contribution in [0.15, 0.2) is 65.7 Å². The Hall–Kier alpha value is -3.12. The van der Waals surface area contributed by atoms with Gasteiger partial charge in [-0.15, -0.1) is 0 Å². The molecule has 4 rings (SSSR count). The minimum absolute atomic E-state index is 0.0174. The van der Waals surface area contributed by atoms with Gasteiger partial charge in [-0.3, -0.25) is 0 Å². The molecule has 7 nitrogen and oxygen atoms in total. The molecule has 0 aliphatic rings. The molecule has 0 aliphatic carbocycles. The van der Waals surface area contributed by atoms with E-state index in [-0.39, 0.29) is 26.7 Å². The SMILES string of the molecule is COc1ccc(CN(c2ncc(Cl)s2)S(=O)(=O)c2cc(Cl)c(N[C@@H](C)c3ccccc3F)cc2F)c(OC)c1. The van der Waals surface area contributed by atoms with Gasteiger partial charge in [-0.2, -0.15) is 0 Å². The molecule has 1 atom stereocenters. The molecule has 0 saturated heterocycles. The van der Waals surface area contributed by atoms with Crippen molar-refractivity contribution in [3.8, 4) is 11.5 Å². The van der Waals surface area contributed by atoms with Crippen LogP contribution in [0, 0.1) is 11.6 Å². The highest BCUT2D eigenvalue weighted by molar-refractivity contribution is 7.93. The van der Waals surface area contributed by atoms with Gasteiger partial charge >= 0.3 is 0 Å². The molecule has 0 saturated carbocycles. The molecule has 0 spiro atoms. The molecule has 0 radical (unpaired) electrons. The summed E-state index contributed by atoms with van der Waals surface area (Å²) in [5, 5.41) is 2.89. The van der Waals surface area contributed by atoms with Crippen molar-refractivity contribution in [2.75, 3.05) is 23.8 Å². The highest BCUT2D eigenvalue weighted by Crippen LogP contribution is 2.37. The molecule has 0 fully saturated rings. The molecule has 0 unspecified atom stereocenters. The average Bonchev–Trinajstić information content (AvgIpc) is 3.34. The molecule has 206 valence electrons. The zero-order valence-corrected chi connectivity index (χ0v) is 24.1. The maximum Gasteiger partial charge on any atom is 0.269 e. The Morgan fingerprint density at radius 2 is 1.79 bits per heavy atom. The van der Waals surface area contributed by atoms with Crippen molar-refractivity contribution in [2.24, 2.45) is 0 Å². The molecule has 1 heterocycles. The fourth-order valence-electron chi connectivity index (χ4n) is 3.85. The summed E-state index contributed by atoms with van der Waals surface area (Å²) >= 11 is 13.4. The number of anilines is 2. The van der Waals surface area contributed by atoms with Crippen molar-refractivity contribution < 1.29 is 26.7 Å². The maximum absolute atomic E-state index is 15.5. The summed E-state index contributed by atoms with van der Waals surface area (Å²) in [4.78, 5) is 3.44. The summed E-state index contributed by atoms with van der Waals surface area (Å²) in [7, 11) is -1.62. The van der Waals surface area contributed by atoms with Crippen LogP contribution in [-0.4, -0.2) is 27.6 Å². The monoisotopic (exact) mass is 613 g/mol. The van der Waals surface area contributed by atoms with E-state index in [1.807, 2.05) is 0 Å². The zero-order valence-electron chi connectivity index (χ0n) is 20.9. The number of ether oxygens (including phenoxy) is 2. The van der Waals surface area contributed by atoms with Crippen LogP contribution in [0.1, 0.15) is 24.1 Å². The molecule has 0 aliphatic heterocycles. The van der Waals surface area contributed by atoms with E-state index in [0.29, 0.717) is 22.6 Å². The molecule has 1 aromatic heterocycles. The van der Waals surface area contributed by atoms with Gasteiger partial charge in [-0.1, -0.05) is 52.7 Å². The van der Waals surface area contributed by atoms with Gasteiger partial charge in [0.2, 0.25) is 5.13 Å². The number of nitrogens with one attached hydrogen (secondary N) is 1. The summed E-state index contributed by atoms with van der Waals surface area (Å²) in [5.74, 6) is -0.637. The minimum Gasteiger partial charge on any atom is -0.497 e. The van der Waals surface area contributed by atoms with Crippen molar-refractivity contribution in [3.05, 3.63) is 92.9 Å². The topological polar surface area (TPSA) is 80.8 Å². The van der Waals surface area contributed by atoms with Crippen LogP contribution in [0.4, 0.5) is 19.6 Å². The molecule has 13 heteroatoms. The number of halogens is 4. The van der Waals surface area contributed by atoms with Crippen molar-refractivity contribution in [1.82, 2.24) is 4.98 Å². The number of methoxy groups -OCH3 is 2. The fraction of sp³-hybridized carbons (Fsp3) is 0.192. The second kappa shape index (κ2) is 12.0. The lowest BCUT2D eigenvalue weighted by Gasteiger charge is -2.24. The third-order valence-electron chi connectivity index (χ3n) is 5.82. The first-order valence-electron chi connectivity index (χ1n) is 11.4. The maximum atomic E-state index is 15.5. The number of aromatic nitrogens is 1. The van der Waals surface area contributed by atoms with Crippen molar-refractivity contribution in [1.29, 1.82) is 0 Å². The van der Waals surface area contributed by atoms with Crippen LogP contribution in [0.25, 0.3) is 0 Å².